The topological polar surface area (TPSA) is 74.4 Å². The summed E-state index contributed by atoms with van der Waals surface area (Å²) in [7, 11) is 0. The third-order valence-electron chi connectivity index (χ3n) is 2.48. The Hall–Kier alpha value is -1.17. The standard InChI is InChI=1S/C12H22N4O/c1-4-16(9-12(2,3)17)8-10-6-5-7-14-11(10)15-13/h5-7,17H,4,8-9,13H2,1-3H3,(H,14,15). The van der Waals surface area contributed by atoms with Crippen LogP contribution >= 0.6 is 0 Å². The normalized spacial score (nSPS) is 11.9. The first-order valence-corrected chi connectivity index (χ1v) is 5.81. The van der Waals surface area contributed by atoms with Gasteiger partial charge >= 0.3 is 0 Å². The number of hydrogen-bond donors (Lipinski definition) is 3. The Bertz CT molecular complexity index is 349. The van der Waals surface area contributed by atoms with Crippen LogP contribution < -0.4 is 11.3 Å². The Labute approximate surface area is 103 Å². The molecular formula is C12H22N4O. The largest absolute Gasteiger partial charge is 0.389 e. The molecule has 0 saturated carbocycles. The van der Waals surface area contributed by atoms with Gasteiger partial charge in [0.15, 0.2) is 0 Å². The van der Waals surface area contributed by atoms with Gasteiger partial charge in [0.1, 0.15) is 5.82 Å². The lowest BCUT2D eigenvalue weighted by molar-refractivity contribution is 0.0354. The molecule has 0 aliphatic heterocycles. The molecule has 4 N–H and O–H groups in total. The van der Waals surface area contributed by atoms with E-state index in [1.165, 1.54) is 0 Å². The van der Waals surface area contributed by atoms with Crippen molar-refractivity contribution < 1.29 is 5.11 Å². The molecule has 1 aromatic rings. The zero-order valence-electron chi connectivity index (χ0n) is 10.8. The van der Waals surface area contributed by atoms with Crippen molar-refractivity contribution in [3.8, 4) is 0 Å². The van der Waals surface area contributed by atoms with Gasteiger partial charge in [-0.15, -0.1) is 0 Å². The number of nitrogens with zero attached hydrogens (tertiary/aromatic N) is 2. The molecule has 0 bridgehead atoms. The third kappa shape index (κ3) is 4.68. The molecule has 1 rings (SSSR count). The molecule has 0 aromatic carbocycles. The van der Waals surface area contributed by atoms with E-state index in [-0.39, 0.29) is 0 Å². The molecule has 0 aliphatic carbocycles. The van der Waals surface area contributed by atoms with E-state index in [4.69, 9.17) is 5.84 Å². The van der Waals surface area contributed by atoms with E-state index in [2.05, 4.69) is 22.2 Å². The minimum atomic E-state index is -0.700. The zero-order chi connectivity index (χ0) is 12.9. The van der Waals surface area contributed by atoms with E-state index >= 15 is 0 Å². The second kappa shape index (κ2) is 5.95. The van der Waals surface area contributed by atoms with Crippen molar-refractivity contribution in [1.29, 1.82) is 0 Å². The molecule has 0 saturated heterocycles. The second-order valence-electron chi connectivity index (χ2n) is 4.77. The molecule has 1 heterocycles. The molecule has 0 amide bonds. The highest BCUT2D eigenvalue weighted by Crippen LogP contribution is 2.14. The van der Waals surface area contributed by atoms with Crippen LogP contribution in [-0.2, 0) is 6.54 Å². The van der Waals surface area contributed by atoms with Gasteiger partial charge in [-0.3, -0.25) is 4.90 Å². The number of pyridine rings is 1. The van der Waals surface area contributed by atoms with Crippen LogP contribution in [0.1, 0.15) is 26.3 Å². The summed E-state index contributed by atoms with van der Waals surface area (Å²) in [5.74, 6) is 6.10. The van der Waals surface area contributed by atoms with Crippen molar-refractivity contribution in [1.82, 2.24) is 9.88 Å². The summed E-state index contributed by atoms with van der Waals surface area (Å²) in [5.41, 5.74) is 2.92. The molecule has 5 nitrogen and oxygen atoms in total. The molecule has 0 atom stereocenters. The Balaban J connectivity index is 2.73. The van der Waals surface area contributed by atoms with Gasteiger partial charge in [0.25, 0.3) is 0 Å². The molecule has 0 radical (unpaired) electrons. The van der Waals surface area contributed by atoms with Crippen molar-refractivity contribution in [2.24, 2.45) is 5.84 Å². The number of hydrazine groups is 1. The maximum atomic E-state index is 9.83. The number of nitrogens with two attached hydrogens (primary N) is 1. The maximum Gasteiger partial charge on any atom is 0.144 e. The van der Waals surface area contributed by atoms with Gasteiger partial charge in [0.05, 0.1) is 5.60 Å². The van der Waals surface area contributed by atoms with E-state index in [0.717, 1.165) is 12.1 Å². The van der Waals surface area contributed by atoms with Crippen LogP contribution in [0.15, 0.2) is 18.3 Å². The smallest absolute Gasteiger partial charge is 0.144 e. The number of nitrogens with one attached hydrogen (secondary N) is 1. The van der Waals surface area contributed by atoms with Crippen LogP contribution in [0.25, 0.3) is 0 Å². The summed E-state index contributed by atoms with van der Waals surface area (Å²) < 4.78 is 0. The van der Waals surface area contributed by atoms with Gasteiger partial charge < -0.3 is 10.5 Å². The first-order chi connectivity index (χ1) is 7.96. The minimum absolute atomic E-state index is 0.613. The lowest BCUT2D eigenvalue weighted by atomic mass is 10.1. The zero-order valence-corrected chi connectivity index (χ0v) is 10.8. The molecule has 0 unspecified atom stereocenters. The Morgan fingerprint density at radius 2 is 2.24 bits per heavy atom. The fourth-order valence-corrected chi connectivity index (χ4v) is 1.76. The van der Waals surface area contributed by atoms with Crippen molar-refractivity contribution >= 4 is 5.82 Å². The van der Waals surface area contributed by atoms with Crippen LogP contribution in [0.3, 0.4) is 0 Å². The van der Waals surface area contributed by atoms with Gasteiger partial charge in [0.2, 0.25) is 0 Å². The molecular weight excluding hydrogens is 216 g/mol. The molecule has 0 aliphatic rings. The Morgan fingerprint density at radius 1 is 1.53 bits per heavy atom. The fourth-order valence-electron chi connectivity index (χ4n) is 1.76. The number of nitrogen functional groups attached to an aromatic ring is 1. The molecule has 5 heteroatoms. The van der Waals surface area contributed by atoms with Crippen molar-refractivity contribution in [2.75, 3.05) is 18.5 Å². The highest BCUT2D eigenvalue weighted by atomic mass is 16.3. The maximum absolute atomic E-state index is 9.83. The van der Waals surface area contributed by atoms with Crippen LogP contribution in [0.2, 0.25) is 0 Å². The minimum Gasteiger partial charge on any atom is -0.389 e. The predicted molar refractivity (Wildman–Crippen MR) is 69.3 cm³/mol. The Morgan fingerprint density at radius 3 is 2.76 bits per heavy atom. The van der Waals surface area contributed by atoms with Gasteiger partial charge in [-0.2, -0.15) is 0 Å². The van der Waals surface area contributed by atoms with Crippen LogP contribution in [-0.4, -0.2) is 33.7 Å². The van der Waals surface area contributed by atoms with E-state index < -0.39 is 5.60 Å². The summed E-state index contributed by atoms with van der Waals surface area (Å²) in [4.78, 5) is 6.31. The highest BCUT2D eigenvalue weighted by molar-refractivity contribution is 5.42. The summed E-state index contributed by atoms with van der Waals surface area (Å²) in [6.45, 7) is 7.87. The molecule has 96 valence electrons. The van der Waals surface area contributed by atoms with Crippen LogP contribution in [0.5, 0.6) is 0 Å². The summed E-state index contributed by atoms with van der Waals surface area (Å²) in [5, 5.41) is 9.83. The third-order valence-corrected chi connectivity index (χ3v) is 2.48. The predicted octanol–water partition coefficient (Wildman–Crippen LogP) is 0.960. The summed E-state index contributed by atoms with van der Waals surface area (Å²) in [6, 6.07) is 3.86. The first kappa shape index (κ1) is 13.9. The van der Waals surface area contributed by atoms with E-state index in [9.17, 15) is 5.11 Å². The molecule has 17 heavy (non-hydrogen) atoms. The Kier molecular flexibility index (Phi) is 4.86. The van der Waals surface area contributed by atoms with E-state index in [1.807, 2.05) is 12.1 Å². The quantitative estimate of drug-likeness (QED) is 0.508. The first-order valence-electron chi connectivity index (χ1n) is 5.81. The monoisotopic (exact) mass is 238 g/mol. The second-order valence-corrected chi connectivity index (χ2v) is 4.77. The number of aliphatic hydroxyl groups is 1. The van der Waals surface area contributed by atoms with E-state index in [0.29, 0.717) is 18.9 Å². The van der Waals surface area contributed by atoms with Gasteiger partial charge in [-0.1, -0.05) is 13.0 Å². The van der Waals surface area contributed by atoms with Crippen molar-refractivity contribution in [3.63, 3.8) is 0 Å². The van der Waals surface area contributed by atoms with Gasteiger partial charge in [0, 0.05) is 24.8 Å². The average molecular weight is 238 g/mol. The molecule has 0 fully saturated rings. The number of anilines is 1. The SMILES string of the molecule is CCN(Cc1cccnc1NN)CC(C)(C)O. The van der Waals surface area contributed by atoms with Crippen LogP contribution in [0.4, 0.5) is 5.82 Å². The molecule has 1 aromatic heterocycles. The van der Waals surface area contributed by atoms with Crippen molar-refractivity contribution in [2.45, 2.75) is 32.9 Å². The van der Waals surface area contributed by atoms with E-state index in [1.54, 1.807) is 20.0 Å². The molecule has 0 spiro atoms. The number of hydrogen-bond acceptors (Lipinski definition) is 5. The number of likely N-dealkylation sites (N-methyl/N-ethyl adjacent to an activating group) is 1. The average Bonchev–Trinajstić information content (AvgIpc) is 2.27. The summed E-state index contributed by atoms with van der Waals surface area (Å²) >= 11 is 0. The summed E-state index contributed by atoms with van der Waals surface area (Å²) in [6.07, 6.45) is 1.70. The van der Waals surface area contributed by atoms with Gasteiger partial charge in [-0.05, 0) is 26.5 Å². The number of rotatable bonds is 6. The highest BCUT2D eigenvalue weighted by Gasteiger charge is 2.18. The lowest BCUT2D eigenvalue weighted by Crippen LogP contribution is -2.38. The fraction of sp³-hybridized carbons (Fsp3) is 0.583. The van der Waals surface area contributed by atoms with Gasteiger partial charge in [-0.25, -0.2) is 10.8 Å². The van der Waals surface area contributed by atoms with Crippen LogP contribution in [0, 0.1) is 0 Å². The number of aromatic nitrogens is 1. The van der Waals surface area contributed by atoms with Crippen molar-refractivity contribution in [3.05, 3.63) is 23.9 Å². The lowest BCUT2D eigenvalue weighted by Gasteiger charge is -2.28.